The number of aryl methyl sites for hydroxylation is 1. The molecule has 0 fully saturated rings. The molecular formula is C20H17N5O2S. The number of aromatic nitrogens is 2. The lowest BCUT2D eigenvalue weighted by Gasteiger charge is -2.03. The summed E-state index contributed by atoms with van der Waals surface area (Å²) in [6.07, 6.45) is 1.80. The summed E-state index contributed by atoms with van der Waals surface area (Å²) in [6, 6.07) is 14.6. The standard InChI is InChI=1S/C20H17N5O2S/c1-13-17(16-8-3-4-9-18(16)23-13)11-22-24-19(12-28-20(24)21-2)14-6-5-7-15(10-14)25(26)27/h3-12,23H,1-2H3. The Morgan fingerprint density at radius 2 is 2.04 bits per heavy atom. The normalized spacial score (nSPS) is 12.3. The summed E-state index contributed by atoms with van der Waals surface area (Å²) in [6.45, 7) is 2.01. The molecule has 0 aliphatic rings. The molecule has 0 radical (unpaired) electrons. The molecule has 8 heteroatoms. The Morgan fingerprint density at radius 3 is 2.82 bits per heavy atom. The van der Waals surface area contributed by atoms with Gasteiger partial charge in [-0.1, -0.05) is 30.3 Å². The molecule has 2 heterocycles. The number of thiazole rings is 1. The first-order valence-electron chi connectivity index (χ1n) is 8.58. The van der Waals surface area contributed by atoms with Crippen molar-refractivity contribution < 1.29 is 4.92 Å². The quantitative estimate of drug-likeness (QED) is 0.319. The molecule has 2 aromatic carbocycles. The average molecular weight is 391 g/mol. The Bertz CT molecular complexity index is 1280. The van der Waals surface area contributed by atoms with E-state index in [1.807, 2.05) is 42.6 Å². The molecule has 4 aromatic rings. The largest absolute Gasteiger partial charge is 0.358 e. The molecule has 0 bridgehead atoms. The van der Waals surface area contributed by atoms with Gasteiger partial charge < -0.3 is 4.98 Å². The predicted octanol–water partition coefficient (Wildman–Crippen LogP) is 4.33. The van der Waals surface area contributed by atoms with Crippen LogP contribution in [0.3, 0.4) is 0 Å². The Morgan fingerprint density at radius 1 is 1.21 bits per heavy atom. The molecule has 28 heavy (non-hydrogen) atoms. The van der Waals surface area contributed by atoms with E-state index in [1.54, 1.807) is 30.1 Å². The fraction of sp³-hybridized carbons (Fsp3) is 0.100. The van der Waals surface area contributed by atoms with Gasteiger partial charge in [-0.15, -0.1) is 11.3 Å². The molecule has 0 saturated heterocycles. The highest BCUT2D eigenvalue weighted by Crippen LogP contribution is 2.25. The number of aromatic amines is 1. The Balaban J connectivity index is 1.83. The zero-order valence-electron chi connectivity index (χ0n) is 15.3. The number of nitro groups is 1. The molecule has 0 saturated carbocycles. The molecule has 2 aromatic heterocycles. The van der Waals surface area contributed by atoms with Gasteiger partial charge in [0.05, 0.1) is 16.8 Å². The van der Waals surface area contributed by atoms with Crippen molar-refractivity contribution >= 4 is 34.1 Å². The van der Waals surface area contributed by atoms with Crippen LogP contribution in [0.4, 0.5) is 5.69 Å². The molecule has 0 amide bonds. The van der Waals surface area contributed by atoms with Crippen LogP contribution in [0.15, 0.2) is 64.0 Å². The molecule has 0 unspecified atom stereocenters. The lowest BCUT2D eigenvalue weighted by atomic mass is 10.1. The smallest absolute Gasteiger partial charge is 0.270 e. The first kappa shape index (κ1) is 17.9. The zero-order chi connectivity index (χ0) is 19.7. The third kappa shape index (κ3) is 3.14. The van der Waals surface area contributed by atoms with Crippen LogP contribution in [0.25, 0.3) is 22.2 Å². The van der Waals surface area contributed by atoms with E-state index in [2.05, 4.69) is 15.1 Å². The number of para-hydroxylation sites is 1. The monoisotopic (exact) mass is 391 g/mol. The molecule has 4 rings (SSSR count). The fourth-order valence-corrected chi connectivity index (χ4v) is 3.92. The van der Waals surface area contributed by atoms with E-state index in [1.165, 1.54) is 17.4 Å². The Kier molecular flexibility index (Phi) is 4.62. The number of rotatable bonds is 4. The van der Waals surface area contributed by atoms with Gasteiger partial charge in [0.2, 0.25) is 4.80 Å². The average Bonchev–Trinajstić information content (AvgIpc) is 3.26. The summed E-state index contributed by atoms with van der Waals surface area (Å²) in [5.41, 5.74) is 4.59. The van der Waals surface area contributed by atoms with Gasteiger partial charge in [0.15, 0.2) is 0 Å². The minimum atomic E-state index is -0.399. The second kappa shape index (κ2) is 7.24. The third-order valence-electron chi connectivity index (χ3n) is 4.48. The second-order valence-corrected chi connectivity index (χ2v) is 7.04. The van der Waals surface area contributed by atoms with Crippen LogP contribution < -0.4 is 4.80 Å². The van der Waals surface area contributed by atoms with Gasteiger partial charge in [0, 0.05) is 52.3 Å². The maximum Gasteiger partial charge on any atom is 0.270 e. The van der Waals surface area contributed by atoms with Gasteiger partial charge in [-0.05, 0) is 13.0 Å². The highest BCUT2D eigenvalue weighted by molar-refractivity contribution is 7.07. The number of nitrogens with one attached hydrogen (secondary N) is 1. The van der Waals surface area contributed by atoms with E-state index >= 15 is 0 Å². The summed E-state index contributed by atoms with van der Waals surface area (Å²) in [5.74, 6) is 0. The first-order chi connectivity index (χ1) is 13.6. The fourth-order valence-electron chi connectivity index (χ4n) is 3.12. The molecule has 0 aliphatic heterocycles. The van der Waals surface area contributed by atoms with Crippen LogP contribution >= 0.6 is 11.3 Å². The van der Waals surface area contributed by atoms with E-state index in [9.17, 15) is 10.1 Å². The van der Waals surface area contributed by atoms with Crippen molar-refractivity contribution in [2.24, 2.45) is 10.1 Å². The van der Waals surface area contributed by atoms with Gasteiger partial charge >= 0.3 is 0 Å². The number of non-ortho nitro benzene ring substituents is 1. The second-order valence-electron chi connectivity index (χ2n) is 6.20. The van der Waals surface area contributed by atoms with Gasteiger partial charge in [0.25, 0.3) is 5.69 Å². The topological polar surface area (TPSA) is 88.6 Å². The molecule has 0 atom stereocenters. The highest BCUT2D eigenvalue weighted by atomic mass is 32.1. The van der Waals surface area contributed by atoms with Crippen LogP contribution in [0.1, 0.15) is 11.3 Å². The van der Waals surface area contributed by atoms with Gasteiger partial charge in [-0.2, -0.15) is 5.10 Å². The number of hydrogen-bond acceptors (Lipinski definition) is 5. The number of H-pyrrole nitrogens is 1. The van der Waals surface area contributed by atoms with Crippen molar-refractivity contribution in [1.29, 1.82) is 0 Å². The number of benzene rings is 2. The zero-order valence-corrected chi connectivity index (χ0v) is 16.1. The summed E-state index contributed by atoms with van der Waals surface area (Å²) in [5, 5.41) is 18.8. The third-order valence-corrected chi connectivity index (χ3v) is 5.38. The maximum atomic E-state index is 11.1. The first-order valence-corrected chi connectivity index (χ1v) is 9.46. The summed E-state index contributed by atoms with van der Waals surface area (Å²) in [7, 11) is 1.70. The lowest BCUT2D eigenvalue weighted by Crippen LogP contribution is -2.11. The van der Waals surface area contributed by atoms with Crippen molar-refractivity contribution in [3.05, 3.63) is 80.1 Å². The Labute approximate surface area is 164 Å². The van der Waals surface area contributed by atoms with Gasteiger partial charge in [0.1, 0.15) is 0 Å². The molecule has 140 valence electrons. The summed E-state index contributed by atoms with van der Waals surface area (Å²) >= 11 is 1.44. The summed E-state index contributed by atoms with van der Waals surface area (Å²) < 4.78 is 1.71. The highest BCUT2D eigenvalue weighted by Gasteiger charge is 2.12. The van der Waals surface area contributed by atoms with Crippen LogP contribution in [0, 0.1) is 17.0 Å². The number of nitro benzene ring substituents is 1. The van der Waals surface area contributed by atoms with Crippen molar-refractivity contribution in [1.82, 2.24) is 9.66 Å². The molecule has 7 nitrogen and oxygen atoms in total. The summed E-state index contributed by atoms with van der Waals surface area (Å²) in [4.78, 5) is 19.1. The van der Waals surface area contributed by atoms with Crippen LogP contribution in [0.5, 0.6) is 0 Å². The van der Waals surface area contributed by atoms with E-state index < -0.39 is 4.92 Å². The van der Waals surface area contributed by atoms with Crippen molar-refractivity contribution in [2.45, 2.75) is 6.92 Å². The molecule has 0 spiro atoms. The molecular weight excluding hydrogens is 374 g/mol. The number of nitrogens with zero attached hydrogens (tertiary/aromatic N) is 4. The van der Waals surface area contributed by atoms with Crippen LogP contribution in [-0.4, -0.2) is 27.8 Å². The van der Waals surface area contributed by atoms with Gasteiger partial charge in [-0.25, -0.2) is 4.68 Å². The van der Waals surface area contributed by atoms with Gasteiger partial charge in [-0.3, -0.25) is 15.1 Å². The minimum absolute atomic E-state index is 0.0432. The number of fused-ring (bicyclic) bond motifs is 1. The SMILES string of the molecule is CN=c1scc(-c2cccc([N+](=O)[O-])c2)n1N=Cc1c(C)[nH]c2ccccc12. The van der Waals surface area contributed by atoms with E-state index in [0.29, 0.717) is 10.4 Å². The molecule has 1 N–H and O–H groups in total. The van der Waals surface area contributed by atoms with Crippen LogP contribution in [0.2, 0.25) is 0 Å². The molecule has 0 aliphatic carbocycles. The van der Waals surface area contributed by atoms with Crippen molar-refractivity contribution in [2.75, 3.05) is 7.05 Å². The maximum absolute atomic E-state index is 11.1. The number of hydrogen-bond donors (Lipinski definition) is 1. The van der Waals surface area contributed by atoms with E-state index in [-0.39, 0.29) is 5.69 Å². The van der Waals surface area contributed by atoms with E-state index in [0.717, 1.165) is 27.9 Å². The minimum Gasteiger partial charge on any atom is -0.358 e. The van der Waals surface area contributed by atoms with E-state index in [4.69, 9.17) is 0 Å². The predicted molar refractivity (Wildman–Crippen MR) is 112 cm³/mol. The van der Waals surface area contributed by atoms with Crippen molar-refractivity contribution in [3.63, 3.8) is 0 Å². The lowest BCUT2D eigenvalue weighted by molar-refractivity contribution is -0.384. The van der Waals surface area contributed by atoms with Crippen molar-refractivity contribution in [3.8, 4) is 11.3 Å². The Hall–Kier alpha value is -3.52. The van der Waals surface area contributed by atoms with Crippen LogP contribution in [-0.2, 0) is 0 Å².